The van der Waals surface area contributed by atoms with Gasteiger partial charge in [-0.1, -0.05) is 19.3 Å². The predicted molar refractivity (Wildman–Crippen MR) is 140 cm³/mol. The number of rotatable bonds is 8. The van der Waals surface area contributed by atoms with Crippen LogP contribution in [0.2, 0.25) is 0 Å². The van der Waals surface area contributed by atoms with E-state index in [4.69, 9.17) is 4.42 Å². The Morgan fingerprint density at radius 2 is 1.71 bits per heavy atom. The zero-order chi connectivity index (χ0) is 27.1. The van der Waals surface area contributed by atoms with E-state index in [9.17, 15) is 23.2 Å². The van der Waals surface area contributed by atoms with Crippen molar-refractivity contribution in [2.45, 2.75) is 38.1 Å². The van der Waals surface area contributed by atoms with Gasteiger partial charge in [0.25, 0.3) is 5.91 Å². The van der Waals surface area contributed by atoms with Crippen LogP contribution >= 0.6 is 0 Å². The fourth-order valence-electron chi connectivity index (χ4n) is 4.55. The van der Waals surface area contributed by atoms with Gasteiger partial charge in [0.2, 0.25) is 11.8 Å². The van der Waals surface area contributed by atoms with Gasteiger partial charge in [-0.25, -0.2) is 8.78 Å². The third-order valence-electron chi connectivity index (χ3n) is 6.58. The van der Waals surface area contributed by atoms with E-state index in [0.717, 1.165) is 50.3 Å². The molecule has 1 fully saturated rings. The van der Waals surface area contributed by atoms with Crippen LogP contribution in [0.25, 0.3) is 17.4 Å². The molecule has 1 unspecified atom stereocenters. The first-order valence-electron chi connectivity index (χ1n) is 12.5. The molecular formula is C29H29F2N3O4. The molecule has 0 spiro atoms. The van der Waals surface area contributed by atoms with Crippen molar-refractivity contribution < 1.29 is 27.6 Å². The summed E-state index contributed by atoms with van der Waals surface area (Å²) in [5, 5.41) is 8.14. The van der Waals surface area contributed by atoms with Gasteiger partial charge in [-0.2, -0.15) is 0 Å². The molecule has 0 bridgehead atoms. The van der Waals surface area contributed by atoms with Gasteiger partial charge in [0.05, 0.1) is 0 Å². The number of nitrogens with one attached hydrogen (secondary N) is 3. The first kappa shape index (κ1) is 26.8. The van der Waals surface area contributed by atoms with E-state index < -0.39 is 29.5 Å². The number of anilines is 1. The molecule has 2 aromatic carbocycles. The van der Waals surface area contributed by atoms with E-state index in [2.05, 4.69) is 16.0 Å². The van der Waals surface area contributed by atoms with E-state index >= 15 is 0 Å². The number of halogens is 2. The number of carbonyl (C=O) groups excluding carboxylic acids is 3. The second-order valence-electron chi connectivity index (χ2n) is 9.19. The molecule has 3 N–H and O–H groups in total. The zero-order valence-corrected chi connectivity index (χ0v) is 20.9. The van der Waals surface area contributed by atoms with Crippen LogP contribution < -0.4 is 16.0 Å². The topological polar surface area (TPSA) is 100 Å². The Hall–Kier alpha value is -4.27. The summed E-state index contributed by atoms with van der Waals surface area (Å²) in [6, 6.07) is 12.5. The van der Waals surface area contributed by atoms with Crippen molar-refractivity contribution in [1.29, 1.82) is 0 Å². The summed E-state index contributed by atoms with van der Waals surface area (Å²) >= 11 is 0. The standard InChI is InChI=1S/C29H29F2N3O4/c1-32-29(37)27(20-5-3-2-4-6-20)34-28(36)25-15-14-24(38-25)19-8-12-22(13-9-19)33-26(35)16-10-18-7-11-21(30)17-23(18)31/h7-17,20,27H,2-6H2,1H3,(H,32,37)(H,33,35)(H,34,36). The molecule has 198 valence electrons. The lowest BCUT2D eigenvalue weighted by molar-refractivity contribution is -0.124. The molecule has 1 heterocycles. The van der Waals surface area contributed by atoms with Crippen LogP contribution in [-0.4, -0.2) is 30.8 Å². The number of amides is 3. The number of hydrogen-bond acceptors (Lipinski definition) is 4. The first-order chi connectivity index (χ1) is 18.3. The number of likely N-dealkylation sites (N-methyl/N-ethyl adjacent to an activating group) is 1. The highest BCUT2D eigenvalue weighted by Gasteiger charge is 2.31. The Kier molecular flexibility index (Phi) is 8.68. The van der Waals surface area contributed by atoms with Gasteiger partial charge in [-0.05, 0) is 73.4 Å². The molecule has 0 saturated heterocycles. The van der Waals surface area contributed by atoms with Gasteiger partial charge in [0, 0.05) is 36.0 Å². The minimum Gasteiger partial charge on any atom is -0.451 e. The molecule has 1 aliphatic carbocycles. The Labute approximate surface area is 219 Å². The molecule has 4 rings (SSSR count). The molecule has 0 radical (unpaired) electrons. The molecular weight excluding hydrogens is 492 g/mol. The number of hydrogen-bond donors (Lipinski definition) is 3. The highest BCUT2D eigenvalue weighted by molar-refractivity contribution is 6.02. The summed E-state index contributed by atoms with van der Waals surface area (Å²) in [5.74, 6) is -1.97. The molecule has 1 aromatic heterocycles. The number of carbonyl (C=O) groups is 3. The Morgan fingerprint density at radius 1 is 0.974 bits per heavy atom. The van der Waals surface area contributed by atoms with Crippen LogP contribution in [0, 0.1) is 17.6 Å². The minimum absolute atomic E-state index is 0.0920. The van der Waals surface area contributed by atoms with E-state index in [0.29, 0.717) is 17.0 Å². The maximum atomic E-state index is 13.7. The molecule has 7 nitrogen and oxygen atoms in total. The monoisotopic (exact) mass is 521 g/mol. The van der Waals surface area contributed by atoms with Crippen LogP contribution in [0.3, 0.4) is 0 Å². The second-order valence-corrected chi connectivity index (χ2v) is 9.19. The quantitative estimate of drug-likeness (QED) is 0.350. The molecule has 3 aromatic rings. The summed E-state index contributed by atoms with van der Waals surface area (Å²) in [6.45, 7) is 0. The lowest BCUT2D eigenvalue weighted by Gasteiger charge is -2.29. The molecule has 1 aliphatic rings. The fraction of sp³-hybridized carbons (Fsp3) is 0.276. The zero-order valence-electron chi connectivity index (χ0n) is 20.9. The molecule has 1 saturated carbocycles. The van der Waals surface area contributed by atoms with Crippen LogP contribution in [0.4, 0.5) is 14.5 Å². The van der Waals surface area contributed by atoms with E-state index in [-0.39, 0.29) is 23.1 Å². The smallest absolute Gasteiger partial charge is 0.287 e. The summed E-state index contributed by atoms with van der Waals surface area (Å²) in [4.78, 5) is 37.5. The Balaban J connectivity index is 1.37. The number of benzene rings is 2. The highest BCUT2D eigenvalue weighted by atomic mass is 19.1. The normalized spacial score (nSPS) is 14.7. The van der Waals surface area contributed by atoms with E-state index in [1.807, 2.05) is 0 Å². The van der Waals surface area contributed by atoms with Gasteiger partial charge >= 0.3 is 0 Å². The summed E-state index contributed by atoms with van der Waals surface area (Å²) < 4.78 is 32.5. The number of furan rings is 1. The van der Waals surface area contributed by atoms with Crippen LogP contribution in [0.1, 0.15) is 48.2 Å². The van der Waals surface area contributed by atoms with E-state index in [1.165, 1.54) is 12.1 Å². The second kappa shape index (κ2) is 12.3. The summed E-state index contributed by atoms with van der Waals surface area (Å²) in [7, 11) is 1.56. The summed E-state index contributed by atoms with van der Waals surface area (Å²) in [5.41, 5.74) is 1.27. The van der Waals surface area contributed by atoms with Gasteiger partial charge in [-0.15, -0.1) is 0 Å². The largest absolute Gasteiger partial charge is 0.451 e. The van der Waals surface area contributed by atoms with Crippen molar-refractivity contribution >= 4 is 29.5 Å². The predicted octanol–water partition coefficient (Wildman–Crippen LogP) is 5.30. The Morgan fingerprint density at radius 3 is 2.39 bits per heavy atom. The third-order valence-corrected chi connectivity index (χ3v) is 6.58. The molecule has 38 heavy (non-hydrogen) atoms. The first-order valence-corrected chi connectivity index (χ1v) is 12.5. The van der Waals surface area contributed by atoms with Crippen LogP contribution in [-0.2, 0) is 9.59 Å². The average molecular weight is 522 g/mol. The lowest BCUT2D eigenvalue weighted by atomic mass is 9.83. The van der Waals surface area contributed by atoms with Gasteiger partial charge in [0.15, 0.2) is 5.76 Å². The SMILES string of the molecule is CNC(=O)C(NC(=O)c1ccc(-c2ccc(NC(=O)C=Cc3ccc(F)cc3F)cc2)o1)C1CCCCC1. The van der Waals surface area contributed by atoms with E-state index in [1.54, 1.807) is 43.4 Å². The maximum absolute atomic E-state index is 13.7. The molecule has 1 atom stereocenters. The summed E-state index contributed by atoms with van der Waals surface area (Å²) in [6.07, 6.45) is 7.42. The minimum atomic E-state index is -0.761. The Bertz CT molecular complexity index is 1330. The van der Waals surface area contributed by atoms with Crippen LogP contribution in [0.15, 0.2) is 65.1 Å². The van der Waals surface area contributed by atoms with Crippen molar-refractivity contribution in [2.24, 2.45) is 5.92 Å². The van der Waals surface area contributed by atoms with Crippen LogP contribution in [0.5, 0.6) is 0 Å². The van der Waals surface area contributed by atoms with Gasteiger partial charge in [-0.3, -0.25) is 14.4 Å². The molecule has 9 heteroatoms. The molecule has 3 amide bonds. The maximum Gasteiger partial charge on any atom is 0.287 e. The lowest BCUT2D eigenvalue weighted by Crippen LogP contribution is -2.50. The van der Waals surface area contributed by atoms with Crippen molar-refractivity contribution in [2.75, 3.05) is 12.4 Å². The fourth-order valence-corrected chi connectivity index (χ4v) is 4.55. The van der Waals surface area contributed by atoms with Crippen molar-refractivity contribution in [1.82, 2.24) is 10.6 Å². The van der Waals surface area contributed by atoms with Gasteiger partial charge in [0.1, 0.15) is 23.4 Å². The van der Waals surface area contributed by atoms with Crippen molar-refractivity contribution in [3.05, 3.63) is 83.6 Å². The van der Waals surface area contributed by atoms with Gasteiger partial charge < -0.3 is 20.4 Å². The highest BCUT2D eigenvalue weighted by Crippen LogP contribution is 2.28. The average Bonchev–Trinajstić information content (AvgIpc) is 3.42. The van der Waals surface area contributed by atoms with Crippen molar-refractivity contribution in [3.63, 3.8) is 0 Å². The third kappa shape index (κ3) is 6.73. The van der Waals surface area contributed by atoms with Crippen molar-refractivity contribution in [3.8, 4) is 11.3 Å². The molecule has 0 aliphatic heterocycles.